The van der Waals surface area contributed by atoms with Crippen LogP contribution in [0.3, 0.4) is 0 Å². The Hall–Kier alpha value is -2.05. The number of hydrogen-bond acceptors (Lipinski definition) is 3. The summed E-state index contributed by atoms with van der Waals surface area (Å²) >= 11 is 6.13. The Kier molecular flexibility index (Phi) is 5.25. The fourth-order valence-corrected chi connectivity index (χ4v) is 3.95. The molecule has 1 aliphatic carbocycles. The maximum Gasteiger partial charge on any atom is 0.253 e. The second kappa shape index (κ2) is 7.29. The van der Waals surface area contributed by atoms with E-state index in [4.69, 9.17) is 11.6 Å². The standard InChI is InChI=1S/C19H21ClN2O3S/c1-12(14-7-6-13-4-3-5-15(13)10-14)21-19(23)17-11-16(8-9-18(17)20)22-26(2,24)25/h6-12,22H,3-5H2,1-2H3,(H,21,23). The second-order valence-corrected chi connectivity index (χ2v) is 8.80. The van der Waals surface area contributed by atoms with Gasteiger partial charge >= 0.3 is 0 Å². The molecule has 1 aliphatic rings. The maximum absolute atomic E-state index is 12.6. The normalized spacial score (nSPS) is 14.6. The van der Waals surface area contributed by atoms with Crippen LogP contribution in [0.4, 0.5) is 5.69 Å². The van der Waals surface area contributed by atoms with Crippen molar-refractivity contribution in [2.75, 3.05) is 11.0 Å². The van der Waals surface area contributed by atoms with Crippen LogP contribution >= 0.6 is 11.6 Å². The van der Waals surface area contributed by atoms with E-state index in [1.807, 2.05) is 13.0 Å². The summed E-state index contributed by atoms with van der Waals surface area (Å²) in [6.07, 6.45) is 4.42. The molecule has 1 atom stereocenters. The molecular formula is C19H21ClN2O3S. The van der Waals surface area contributed by atoms with E-state index in [2.05, 4.69) is 22.2 Å². The maximum atomic E-state index is 12.6. The molecule has 2 aromatic rings. The van der Waals surface area contributed by atoms with Gasteiger partial charge in [-0.2, -0.15) is 0 Å². The van der Waals surface area contributed by atoms with E-state index in [0.29, 0.717) is 5.69 Å². The van der Waals surface area contributed by atoms with E-state index in [-0.39, 0.29) is 22.5 Å². The van der Waals surface area contributed by atoms with Crippen molar-refractivity contribution in [2.45, 2.75) is 32.2 Å². The number of carbonyl (C=O) groups is 1. The highest BCUT2D eigenvalue weighted by atomic mass is 35.5. The van der Waals surface area contributed by atoms with Crippen LogP contribution < -0.4 is 10.0 Å². The number of fused-ring (bicyclic) bond motifs is 1. The van der Waals surface area contributed by atoms with Gasteiger partial charge in [0.1, 0.15) is 0 Å². The third kappa shape index (κ3) is 4.37. The lowest BCUT2D eigenvalue weighted by Crippen LogP contribution is -2.27. The molecule has 0 heterocycles. The molecule has 2 aromatic carbocycles. The first-order chi connectivity index (χ1) is 12.2. The van der Waals surface area contributed by atoms with Gasteiger partial charge in [-0.25, -0.2) is 8.42 Å². The zero-order chi connectivity index (χ0) is 18.9. The molecule has 138 valence electrons. The van der Waals surface area contributed by atoms with Gasteiger partial charge in [-0.05, 0) is 61.1 Å². The smallest absolute Gasteiger partial charge is 0.253 e. The topological polar surface area (TPSA) is 75.3 Å². The third-order valence-electron chi connectivity index (χ3n) is 4.48. The average molecular weight is 393 g/mol. The molecule has 5 nitrogen and oxygen atoms in total. The van der Waals surface area contributed by atoms with E-state index in [9.17, 15) is 13.2 Å². The number of aryl methyl sites for hydroxylation is 2. The molecule has 0 saturated carbocycles. The molecule has 0 aromatic heterocycles. The van der Waals surface area contributed by atoms with E-state index in [1.54, 1.807) is 0 Å². The lowest BCUT2D eigenvalue weighted by molar-refractivity contribution is 0.0940. The molecule has 0 fully saturated rings. The predicted molar refractivity (Wildman–Crippen MR) is 104 cm³/mol. The van der Waals surface area contributed by atoms with Crippen LogP contribution in [-0.2, 0) is 22.9 Å². The van der Waals surface area contributed by atoms with E-state index < -0.39 is 10.0 Å². The van der Waals surface area contributed by atoms with Gasteiger partial charge in [0.25, 0.3) is 5.91 Å². The van der Waals surface area contributed by atoms with Crippen LogP contribution in [0, 0.1) is 0 Å². The fraction of sp³-hybridized carbons (Fsp3) is 0.316. The van der Waals surface area contributed by atoms with Gasteiger partial charge in [-0.15, -0.1) is 0 Å². The minimum Gasteiger partial charge on any atom is -0.345 e. The molecule has 26 heavy (non-hydrogen) atoms. The van der Waals surface area contributed by atoms with Crippen LogP contribution in [0.15, 0.2) is 36.4 Å². The highest BCUT2D eigenvalue weighted by Crippen LogP contribution is 2.26. The van der Waals surface area contributed by atoms with Crippen LogP contribution in [0.5, 0.6) is 0 Å². The monoisotopic (exact) mass is 392 g/mol. The minimum atomic E-state index is -3.43. The fourth-order valence-electron chi connectivity index (χ4n) is 3.20. The molecule has 0 radical (unpaired) electrons. The molecule has 0 aliphatic heterocycles. The number of halogens is 1. The number of amides is 1. The summed E-state index contributed by atoms with van der Waals surface area (Å²) in [5.41, 5.74) is 4.30. The Balaban J connectivity index is 1.78. The van der Waals surface area contributed by atoms with E-state index in [1.165, 1.54) is 35.7 Å². The summed E-state index contributed by atoms with van der Waals surface area (Å²) in [5.74, 6) is -0.347. The molecule has 0 saturated heterocycles. The van der Waals surface area contributed by atoms with Crippen molar-refractivity contribution in [1.29, 1.82) is 0 Å². The van der Waals surface area contributed by atoms with Gasteiger partial charge in [0.15, 0.2) is 0 Å². The first-order valence-corrected chi connectivity index (χ1v) is 10.7. The van der Waals surface area contributed by atoms with Crippen molar-refractivity contribution in [3.63, 3.8) is 0 Å². The predicted octanol–water partition coefficient (Wildman–Crippen LogP) is 3.69. The number of hydrogen-bond donors (Lipinski definition) is 2. The van der Waals surface area contributed by atoms with Crippen LogP contribution in [0.25, 0.3) is 0 Å². The SMILES string of the molecule is CC(NC(=O)c1cc(NS(C)(=O)=O)ccc1Cl)c1ccc2c(c1)CCC2. The van der Waals surface area contributed by atoms with Gasteiger partial charge in [0.2, 0.25) is 10.0 Å². The molecule has 1 amide bonds. The zero-order valence-electron chi connectivity index (χ0n) is 14.7. The number of nitrogens with one attached hydrogen (secondary N) is 2. The minimum absolute atomic E-state index is 0.184. The number of anilines is 1. The Labute approximate surface area is 158 Å². The van der Waals surface area contributed by atoms with Crippen LogP contribution in [0.2, 0.25) is 5.02 Å². The summed E-state index contributed by atoms with van der Waals surface area (Å²) in [4.78, 5) is 12.6. The van der Waals surface area contributed by atoms with Gasteiger partial charge in [-0.3, -0.25) is 9.52 Å². The second-order valence-electron chi connectivity index (χ2n) is 6.65. The van der Waals surface area contributed by atoms with Crippen molar-refractivity contribution in [3.8, 4) is 0 Å². The van der Waals surface area contributed by atoms with Crippen molar-refractivity contribution in [2.24, 2.45) is 0 Å². The lowest BCUT2D eigenvalue weighted by atomic mass is 10.0. The lowest BCUT2D eigenvalue weighted by Gasteiger charge is -2.17. The summed E-state index contributed by atoms with van der Waals surface area (Å²) in [5, 5.41) is 3.20. The molecule has 0 bridgehead atoms. The zero-order valence-corrected chi connectivity index (χ0v) is 16.2. The number of sulfonamides is 1. The first kappa shape index (κ1) is 18.7. The molecular weight excluding hydrogens is 372 g/mol. The summed E-state index contributed by atoms with van der Waals surface area (Å²) < 4.78 is 25.1. The van der Waals surface area contributed by atoms with Crippen LogP contribution in [-0.4, -0.2) is 20.6 Å². The average Bonchev–Trinajstić information content (AvgIpc) is 3.02. The molecule has 7 heteroatoms. The van der Waals surface area contributed by atoms with E-state index >= 15 is 0 Å². The summed E-state index contributed by atoms with van der Waals surface area (Å²) in [6.45, 7) is 1.92. The third-order valence-corrected chi connectivity index (χ3v) is 5.42. The van der Waals surface area contributed by atoms with Gasteiger partial charge in [-0.1, -0.05) is 29.8 Å². The highest BCUT2D eigenvalue weighted by molar-refractivity contribution is 7.92. The molecule has 2 N–H and O–H groups in total. The Morgan fingerprint density at radius 2 is 1.85 bits per heavy atom. The van der Waals surface area contributed by atoms with Crippen LogP contribution in [0.1, 0.15) is 46.4 Å². The Morgan fingerprint density at radius 1 is 1.12 bits per heavy atom. The van der Waals surface area contributed by atoms with Gasteiger partial charge in [0.05, 0.1) is 22.9 Å². The first-order valence-electron chi connectivity index (χ1n) is 8.43. The van der Waals surface area contributed by atoms with Gasteiger partial charge in [0, 0.05) is 5.69 Å². The Morgan fingerprint density at radius 3 is 2.58 bits per heavy atom. The summed E-state index contributed by atoms with van der Waals surface area (Å²) in [6, 6.07) is 10.6. The highest BCUT2D eigenvalue weighted by Gasteiger charge is 2.18. The number of carbonyl (C=O) groups excluding carboxylic acids is 1. The van der Waals surface area contributed by atoms with Crippen molar-refractivity contribution in [3.05, 3.63) is 63.7 Å². The largest absolute Gasteiger partial charge is 0.345 e. The van der Waals surface area contributed by atoms with Crippen molar-refractivity contribution < 1.29 is 13.2 Å². The molecule has 0 spiro atoms. The number of rotatable bonds is 5. The van der Waals surface area contributed by atoms with E-state index in [0.717, 1.165) is 24.7 Å². The Bertz CT molecular complexity index is 957. The quantitative estimate of drug-likeness (QED) is 0.814. The van der Waals surface area contributed by atoms with Gasteiger partial charge < -0.3 is 5.32 Å². The molecule has 3 rings (SSSR count). The van der Waals surface area contributed by atoms with Crippen molar-refractivity contribution >= 4 is 33.2 Å². The summed E-state index contributed by atoms with van der Waals surface area (Å²) in [7, 11) is -3.43. The number of benzene rings is 2. The van der Waals surface area contributed by atoms with Crippen molar-refractivity contribution in [1.82, 2.24) is 5.32 Å². The molecule has 1 unspecified atom stereocenters.